The molecule has 5 heteroatoms. The van der Waals surface area contributed by atoms with E-state index in [-0.39, 0.29) is 12.2 Å². The molecule has 0 spiro atoms. The molecule has 90 valence electrons. The molecule has 1 atom stereocenters. The zero-order chi connectivity index (χ0) is 12.4. The highest BCUT2D eigenvalue weighted by Crippen LogP contribution is 2.26. The molecule has 1 aromatic heterocycles. The van der Waals surface area contributed by atoms with Crippen LogP contribution in [0, 0.1) is 12.7 Å². The summed E-state index contributed by atoms with van der Waals surface area (Å²) in [6, 6.07) is 4.72. The molecule has 2 nitrogen and oxygen atoms in total. The zero-order valence-electron chi connectivity index (χ0n) is 9.15. The summed E-state index contributed by atoms with van der Waals surface area (Å²) in [5.41, 5.74) is 0.498. The van der Waals surface area contributed by atoms with Gasteiger partial charge in [-0.1, -0.05) is 15.9 Å². The molecule has 0 radical (unpaired) electrons. The molecule has 0 fully saturated rings. The molecule has 1 unspecified atom stereocenters. The van der Waals surface area contributed by atoms with Gasteiger partial charge in [0.15, 0.2) is 0 Å². The standard InChI is InChI=1S/C12H11BrFNOS/c1-7-15-6-12(17-7)11(16)5-8-4-9(13)2-3-10(8)14/h2-4,6,11,16H,5H2,1H3. The molecule has 1 aromatic carbocycles. The number of aromatic nitrogens is 1. The molecule has 0 aliphatic rings. The van der Waals surface area contributed by atoms with Gasteiger partial charge in [-0.15, -0.1) is 11.3 Å². The van der Waals surface area contributed by atoms with E-state index >= 15 is 0 Å². The summed E-state index contributed by atoms with van der Waals surface area (Å²) in [5.74, 6) is -0.298. The smallest absolute Gasteiger partial charge is 0.126 e. The Kier molecular flexibility index (Phi) is 3.91. The number of rotatable bonds is 3. The number of halogens is 2. The fraction of sp³-hybridized carbons (Fsp3) is 0.250. The topological polar surface area (TPSA) is 33.1 Å². The highest BCUT2D eigenvalue weighted by Gasteiger charge is 2.14. The van der Waals surface area contributed by atoms with Crippen molar-refractivity contribution in [2.24, 2.45) is 0 Å². The van der Waals surface area contributed by atoms with Crippen molar-refractivity contribution in [2.45, 2.75) is 19.4 Å². The Morgan fingerprint density at radius 1 is 1.53 bits per heavy atom. The molecular formula is C12H11BrFNOS. The Morgan fingerprint density at radius 2 is 2.29 bits per heavy atom. The third-order valence-electron chi connectivity index (χ3n) is 2.39. The second-order valence-corrected chi connectivity index (χ2v) is 5.92. The number of aryl methyl sites for hydroxylation is 1. The second-order valence-electron chi connectivity index (χ2n) is 3.74. The van der Waals surface area contributed by atoms with Gasteiger partial charge in [-0.2, -0.15) is 0 Å². The van der Waals surface area contributed by atoms with Crippen molar-refractivity contribution in [1.82, 2.24) is 4.98 Å². The fourth-order valence-corrected chi connectivity index (χ4v) is 2.72. The highest BCUT2D eigenvalue weighted by atomic mass is 79.9. The quantitative estimate of drug-likeness (QED) is 0.938. The summed E-state index contributed by atoms with van der Waals surface area (Å²) < 4.78 is 14.3. The number of benzene rings is 1. The van der Waals surface area contributed by atoms with Crippen LogP contribution in [0.4, 0.5) is 4.39 Å². The van der Waals surface area contributed by atoms with Gasteiger partial charge in [0.2, 0.25) is 0 Å². The summed E-state index contributed by atoms with van der Waals surface area (Å²) in [6.45, 7) is 1.88. The van der Waals surface area contributed by atoms with Crippen molar-refractivity contribution in [1.29, 1.82) is 0 Å². The minimum Gasteiger partial charge on any atom is -0.387 e. The molecule has 2 rings (SSSR count). The monoisotopic (exact) mass is 315 g/mol. The largest absolute Gasteiger partial charge is 0.387 e. The van der Waals surface area contributed by atoms with E-state index in [1.807, 2.05) is 6.92 Å². The van der Waals surface area contributed by atoms with E-state index in [0.717, 1.165) is 14.4 Å². The van der Waals surface area contributed by atoms with Crippen LogP contribution in [-0.4, -0.2) is 10.1 Å². The van der Waals surface area contributed by atoms with Gasteiger partial charge >= 0.3 is 0 Å². The lowest BCUT2D eigenvalue weighted by molar-refractivity contribution is 0.180. The SMILES string of the molecule is Cc1ncc(C(O)Cc2cc(Br)ccc2F)s1. The molecule has 0 saturated heterocycles. The molecular weight excluding hydrogens is 305 g/mol. The van der Waals surface area contributed by atoms with Gasteiger partial charge in [-0.3, -0.25) is 0 Å². The van der Waals surface area contributed by atoms with Gasteiger partial charge in [0.25, 0.3) is 0 Å². The Bertz CT molecular complexity index is 529. The average Bonchev–Trinajstić information content (AvgIpc) is 2.70. The Hall–Kier alpha value is -0.780. The molecule has 2 aromatic rings. The number of hydrogen-bond donors (Lipinski definition) is 1. The molecule has 0 saturated carbocycles. The summed E-state index contributed by atoms with van der Waals surface area (Å²) in [7, 11) is 0. The lowest BCUT2D eigenvalue weighted by Crippen LogP contribution is -2.01. The lowest BCUT2D eigenvalue weighted by atomic mass is 10.1. The van der Waals surface area contributed by atoms with Crippen LogP contribution in [0.1, 0.15) is 21.6 Å². The van der Waals surface area contributed by atoms with Gasteiger partial charge in [0.1, 0.15) is 5.82 Å². The van der Waals surface area contributed by atoms with Crippen molar-refractivity contribution in [3.05, 3.63) is 50.1 Å². The fourth-order valence-electron chi connectivity index (χ4n) is 1.54. The van der Waals surface area contributed by atoms with Crippen molar-refractivity contribution >= 4 is 27.3 Å². The van der Waals surface area contributed by atoms with Crippen LogP contribution in [0.25, 0.3) is 0 Å². The first-order chi connectivity index (χ1) is 8.06. The van der Waals surface area contributed by atoms with E-state index in [2.05, 4.69) is 20.9 Å². The Balaban J connectivity index is 2.18. The van der Waals surface area contributed by atoms with Gasteiger partial charge in [0, 0.05) is 17.1 Å². The highest BCUT2D eigenvalue weighted by molar-refractivity contribution is 9.10. The van der Waals surface area contributed by atoms with E-state index in [1.54, 1.807) is 18.3 Å². The number of hydrogen-bond acceptors (Lipinski definition) is 3. The summed E-state index contributed by atoms with van der Waals surface area (Å²) >= 11 is 4.72. The number of aliphatic hydroxyl groups is 1. The lowest BCUT2D eigenvalue weighted by Gasteiger charge is -2.09. The van der Waals surface area contributed by atoms with Crippen LogP contribution in [0.2, 0.25) is 0 Å². The van der Waals surface area contributed by atoms with E-state index in [9.17, 15) is 9.50 Å². The molecule has 1 heterocycles. The maximum atomic E-state index is 13.5. The molecule has 17 heavy (non-hydrogen) atoms. The van der Waals surface area contributed by atoms with Crippen molar-refractivity contribution < 1.29 is 9.50 Å². The van der Waals surface area contributed by atoms with Crippen molar-refractivity contribution in [3.8, 4) is 0 Å². The second kappa shape index (κ2) is 5.25. The van der Waals surface area contributed by atoms with Gasteiger partial charge in [-0.25, -0.2) is 9.37 Å². The minimum absolute atomic E-state index is 0.257. The first-order valence-electron chi connectivity index (χ1n) is 5.10. The van der Waals surface area contributed by atoms with Crippen molar-refractivity contribution in [2.75, 3.05) is 0 Å². The number of thiazole rings is 1. The predicted molar refractivity (Wildman–Crippen MR) is 69.6 cm³/mol. The number of nitrogens with zero attached hydrogens (tertiary/aromatic N) is 1. The number of aliphatic hydroxyl groups excluding tert-OH is 1. The third kappa shape index (κ3) is 3.12. The first-order valence-corrected chi connectivity index (χ1v) is 6.71. The van der Waals surface area contributed by atoms with E-state index in [4.69, 9.17) is 0 Å². The normalized spacial score (nSPS) is 12.7. The molecule has 0 aliphatic carbocycles. The van der Waals surface area contributed by atoms with Crippen LogP contribution in [0.3, 0.4) is 0 Å². The van der Waals surface area contributed by atoms with Crippen LogP contribution < -0.4 is 0 Å². The van der Waals surface area contributed by atoms with Crippen LogP contribution >= 0.6 is 27.3 Å². The first kappa shape index (κ1) is 12.7. The molecule has 0 bridgehead atoms. The molecule has 1 N–H and O–H groups in total. The van der Waals surface area contributed by atoms with E-state index in [1.165, 1.54) is 17.4 Å². The maximum absolute atomic E-state index is 13.5. The van der Waals surface area contributed by atoms with Crippen LogP contribution in [0.15, 0.2) is 28.9 Å². The van der Waals surface area contributed by atoms with Crippen LogP contribution in [-0.2, 0) is 6.42 Å². The maximum Gasteiger partial charge on any atom is 0.126 e. The van der Waals surface area contributed by atoms with Gasteiger partial charge in [-0.05, 0) is 30.7 Å². The van der Waals surface area contributed by atoms with Crippen LogP contribution in [0.5, 0.6) is 0 Å². The minimum atomic E-state index is -0.704. The zero-order valence-corrected chi connectivity index (χ0v) is 11.6. The Labute approximate surface area is 111 Å². The predicted octanol–water partition coefficient (Wildman–Crippen LogP) is 3.63. The average molecular weight is 316 g/mol. The summed E-state index contributed by atoms with van der Waals surface area (Å²) in [5, 5.41) is 10.9. The molecule has 0 amide bonds. The van der Waals surface area contributed by atoms with Crippen molar-refractivity contribution in [3.63, 3.8) is 0 Å². The molecule has 0 aliphatic heterocycles. The Morgan fingerprint density at radius 3 is 2.94 bits per heavy atom. The summed E-state index contributed by atoms with van der Waals surface area (Å²) in [4.78, 5) is 4.84. The van der Waals surface area contributed by atoms with E-state index in [0.29, 0.717) is 5.56 Å². The van der Waals surface area contributed by atoms with E-state index < -0.39 is 6.10 Å². The third-order valence-corrected chi connectivity index (χ3v) is 3.90. The van der Waals surface area contributed by atoms with Gasteiger partial charge in [0.05, 0.1) is 16.0 Å². The summed E-state index contributed by atoms with van der Waals surface area (Å²) in [6.07, 6.45) is 1.19. The van der Waals surface area contributed by atoms with Gasteiger partial charge < -0.3 is 5.11 Å².